The van der Waals surface area contributed by atoms with E-state index in [4.69, 9.17) is 10.5 Å². The Morgan fingerprint density at radius 3 is 2.69 bits per heavy atom. The van der Waals surface area contributed by atoms with Crippen molar-refractivity contribution in [1.82, 2.24) is 4.90 Å². The highest BCUT2D eigenvalue weighted by molar-refractivity contribution is 5.78. The standard InChI is InChI=1S/C12H24N2O2/c1-10(4-3-7-13)12(15)14(2)11-5-8-16-9-6-11/h10-11H,3-9,13H2,1-2H3. The van der Waals surface area contributed by atoms with Crippen LogP contribution in [0, 0.1) is 5.92 Å². The van der Waals surface area contributed by atoms with Crippen molar-refractivity contribution in [2.24, 2.45) is 11.7 Å². The minimum atomic E-state index is 0.0939. The van der Waals surface area contributed by atoms with E-state index >= 15 is 0 Å². The van der Waals surface area contributed by atoms with Crippen LogP contribution in [0.3, 0.4) is 0 Å². The summed E-state index contributed by atoms with van der Waals surface area (Å²) in [5.74, 6) is 0.344. The van der Waals surface area contributed by atoms with E-state index < -0.39 is 0 Å². The van der Waals surface area contributed by atoms with Crippen LogP contribution < -0.4 is 5.73 Å². The first kappa shape index (κ1) is 13.5. The summed E-state index contributed by atoms with van der Waals surface area (Å²) < 4.78 is 5.30. The van der Waals surface area contributed by atoms with Crippen LogP contribution in [0.2, 0.25) is 0 Å². The number of carbonyl (C=O) groups is 1. The summed E-state index contributed by atoms with van der Waals surface area (Å²) in [6, 6.07) is 0.363. The Labute approximate surface area is 98.1 Å². The van der Waals surface area contributed by atoms with Gasteiger partial charge in [0.2, 0.25) is 5.91 Å². The van der Waals surface area contributed by atoms with Gasteiger partial charge in [0.05, 0.1) is 0 Å². The zero-order chi connectivity index (χ0) is 12.0. The number of amides is 1. The smallest absolute Gasteiger partial charge is 0.225 e. The van der Waals surface area contributed by atoms with Crippen molar-refractivity contribution >= 4 is 5.91 Å². The Morgan fingerprint density at radius 1 is 1.50 bits per heavy atom. The predicted molar refractivity (Wildman–Crippen MR) is 64.1 cm³/mol. The summed E-state index contributed by atoms with van der Waals surface area (Å²) in [6.07, 6.45) is 3.75. The fourth-order valence-corrected chi connectivity index (χ4v) is 2.15. The van der Waals surface area contributed by atoms with Crippen LogP contribution in [-0.2, 0) is 9.53 Å². The Bertz CT molecular complexity index is 215. The molecule has 0 radical (unpaired) electrons. The second-order valence-electron chi connectivity index (χ2n) is 4.62. The van der Waals surface area contributed by atoms with E-state index in [1.165, 1.54) is 0 Å². The van der Waals surface area contributed by atoms with Gasteiger partial charge in [-0.2, -0.15) is 0 Å². The van der Waals surface area contributed by atoms with Crippen molar-refractivity contribution in [2.45, 2.75) is 38.6 Å². The Hall–Kier alpha value is -0.610. The lowest BCUT2D eigenvalue weighted by atomic mass is 10.0. The summed E-state index contributed by atoms with van der Waals surface area (Å²) >= 11 is 0. The van der Waals surface area contributed by atoms with Crippen LogP contribution >= 0.6 is 0 Å². The van der Waals surface area contributed by atoms with Crippen molar-refractivity contribution in [2.75, 3.05) is 26.8 Å². The van der Waals surface area contributed by atoms with Gasteiger partial charge in [0.15, 0.2) is 0 Å². The van der Waals surface area contributed by atoms with Gasteiger partial charge in [0.1, 0.15) is 0 Å². The molecule has 0 saturated carbocycles. The molecule has 1 aliphatic rings. The molecule has 0 aromatic heterocycles. The summed E-state index contributed by atoms with van der Waals surface area (Å²) in [4.78, 5) is 14.0. The second-order valence-corrected chi connectivity index (χ2v) is 4.62. The lowest BCUT2D eigenvalue weighted by molar-refractivity contribution is -0.137. The summed E-state index contributed by atoms with van der Waals surface area (Å²) in [5, 5.41) is 0. The maximum atomic E-state index is 12.1. The van der Waals surface area contributed by atoms with Crippen molar-refractivity contribution in [1.29, 1.82) is 0 Å². The van der Waals surface area contributed by atoms with Gasteiger partial charge < -0.3 is 15.4 Å². The molecular weight excluding hydrogens is 204 g/mol. The van der Waals surface area contributed by atoms with Crippen LogP contribution in [-0.4, -0.2) is 43.7 Å². The van der Waals surface area contributed by atoms with Gasteiger partial charge >= 0.3 is 0 Å². The molecule has 0 aliphatic carbocycles. The van der Waals surface area contributed by atoms with Gasteiger partial charge in [-0.1, -0.05) is 6.92 Å². The van der Waals surface area contributed by atoms with Gasteiger partial charge in [-0.05, 0) is 32.2 Å². The second kappa shape index (κ2) is 6.86. The number of nitrogens with two attached hydrogens (primary N) is 1. The van der Waals surface area contributed by atoms with Gasteiger partial charge in [-0.15, -0.1) is 0 Å². The molecule has 0 bridgehead atoms. The maximum absolute atomic E-state index is 12.1. The third kappa shape index (κ3) is 3.76. The third-order valence-electron chi connectivity index (χ3n) is 3.35. The molecule has 94 valence electrons. The van der Waals surface area contributed by atoms with Crippen LogP contribution in [0.25, 0.3) is 0 Å². The number of rotatable bonds is 5. The lowest BCUT2D eigenvalue weighted by Gasteiger charge is -2.33. The normalized spacial score (nSPS) is 19.4. The maximum Gasteiger partial charge on any atom is 0.225 e. The number of nitrogens with zero attached hydrogens (tertiary/aromatic N) is 1. The minimum Gasteiger partial charge on any atom is -0.381 e. The zero-order valence-corrected chi connectivity index (χ0v) is 10.4. The van der Waals surface area contributed by atoms with Gasteiger partial charge in [-0.3, -0.25) is 4.79 Å². The average molecular weight is 228 g/mol. The van der Waals surface area contributed by atoms with Crippen molar-refractivity contribution in [3.8, 4) is 0 Å². The molecule has 1 unspecified atom stereocenters. The molecule has 16 heavy (non-hydrogen) atoms. The van der Waals surface area contributed by atoms with E-state index in [0.29, 0.717) is 12.6 Å². The van der Waals surface area contributed by atoms with Crippen molar-refractivity contribution < 1.29 is 9.53 Å². The Kier molecular flexibility index (Phi) is 5.77. The quantitative estimate of drug-likeness (QED) is 0.763. The van der Waals surface area contributed by atoms with Gasteiger partial charge in [0.25, 0.3) is 0 Å². The highest BCUT2D eigenvalue weighted by Gasteiger charge is 2.25. The fraction of sp³-hybridized carbons (Fsp3) is 0.917. The van der Waals surface area contributed by atoms with Crippen LogP contribution in [0.15, 0.2) is 0 Å². The minimum absolute atomic E-state index is 0.0939. The van der Waals surface area contributed by atoms with Crippen LogP contribution in [0.1, 0.15) is 32.6 Å². The number of hydrogen-bond acceptors (Lipinski definition) is 3. The molecule has 1 saturated heterocycles. The number of carbonyl (C=O) groups excluding carboxylic acids is 1. The molecule has 1 heterocycles. The number of hydrogen-bond donors (Lipinski definition) is 1. The van der Waals surface area contributed by atoms with E-state index in [0.717, 1.165) is 38.9 Å². The number of ether oxygens (including phenoxy) is 1. The molecule has 1 amide bonds. The molecule has 1 rings (SSSR count). The molecule has 1 aliphatic heterocycles. The summed E-state index contributed by atoms with van der Waals surface area (Å²) in [6.45, 7) is 4.21. The Morgan fingerprint density at radius 2 is 2.12 bits per heavy atom. The molecule has 0 spiro atoms. The summed E-state index contributed by atoms with van der Waals surface area (Å²) in [7, 11) is 1.91. The summed E-state index contributed by atoms with van der Waals surface area (Å²) in [5.41, 5.74) is 5.45. The molecule has 4 heteroatoms. The first-order valence-corrected chi connectivity index (χ1v) is 6.21. The SMILES string of the molecule is CC(CCCN)C(=O)N(C)C1CCOCC1. The third-order valence-corrected chi connectivity index (χ3v) is 3.35. The topological polar surface area (TPSA) is 55.6 Å². The van der Waals surface area contributed by atoms with Crippen molar-refractivity contribution in [3.05, 3.63) is 0 Å². The van der Waals surface area contributed by atoms with E-state index in [1.807, 2.05) is 18.9 Å². The largest absolute Gasteiger partial charge is 0.381 e. The first-order chi connectivity index (χ1) is 7.66. The molecule has 2 N–H and O–H groups in total. The molecule has 0 aromatic carbocycles. The van der Waals surface area contributed by atoms with E-state index in [-0.39, 0.29) is 11.8 Å². The molecule has 1 fully saturated rings. The van der Waals surface area contributed by atoms with Gasteiger partial charge in [-0.25, -0.2) is 0 Å². The van der Waals surface area contributed by atoms with Crippen LogP contribution in [0.4, 0.5) is 0 Å². The highest BCUT2D eigenvalue weighted by Crippen LogP contribution is 2.17. The average Bonchev–Trinajstić information content (AvgIpc) is 2.35. The van der Waals surface area contributed by atoms with E-state index in [1.54, 1.807) is 0 Å². The zero-order valence-electron chi connectivity index (χ0n) is 10.4. The molecule has 4 nitrogen and oxygen atoms in total. The Balaban J connectivity index is 2.38. The lowest BCUT2D eigenvalue weighted by Crippen LogP contribution is -2.43. The van der Waals surface area contributed by atoms with Gasteiger partial charge in [0, 0.05) is 32.2 Å². The fourth-order valence-electron chi connectivity index (χ4n) is 2.15. The highest BCUT2D eigenvalue weighted by atomic mass is 16.5. The van der Waals surface area contributed by atoms with Crippen molar-refractivity contribution in [3.63, 3.8) is 0 Å². The first-order valence-electron chi connectivity index (χ1n) is 6.21. The van der Waals surface area contributed by atoms with Crippen LogP contribution in [0.5, 0.6) is 0 Å². The monoisotopic (exact) mass is 228 g/mol. The predicted octanol–water partition coefficient (Wildman–Crippen LogP) is 0.999. The molecular formula is C12H24N2O2. The van der Waals surface area contributed by atoms with E-state index in [2.05, 4.69) is 0 Å². The van der Waals surface area contributed by atoms with E-state index in [9.17, 15) is 4.79 Å². The molecule has 1 atom stereocenters. The molecule has 0 aromatic rings.